The van der Waals surface area contributed by atoms with Crippen LogP contribution in [0.3, 0.4) is 0 Å². The van der Waals surface area contributed by atoms with Crippen molar-refractivity contribution in [2.24, 2.45) is 11.8 Å². The molecule has 0 aromatic carbocycles. The van der Waals surface area contributed by atoms with Crippen LogP contribution in [-0.2, 0) is 0 Å². The molecule has 2 atom stereocenters. The standard InChI is InChI=1S/C10H22S2.C2H6/c1-4-6-10(8-12-3)9(5-2)7-11;1-2/h9-11H,4-8H2,1-3H3;1-2H3. The molecule has 0 radical (unpaired) electrons. The second-order valence-electron chi connectivity index (χ2n) is 3.35. The molecule has 2 unspecified atom stereocenters. The smallest absolute Gasteiger partial charge is 0.00390 e. The molecule has 0 spiro atoms. The molecule has 0 bridgehead atoms. The molecule has 0 nitrogen and oxygen atoms in total. The van der Waals surface area contributed by atoms with E-state index in [9.17, 15) is 0 Å². The van der Waals surface area contributed by atoms with Crippen LogP contribution in [-0.4, -0.2) is 17.8 Å². The lowest BCUT2D eigenvalue weighted by molar-refractivity contribution is 0.365. The Morgan fingerprint density at radius 3 is 2.00 bits per heavy atom. The molecule has 0 fully saturated rings. The van der Waals surface area contributed by atoms with Crippen LogP contribution in [0, 0.1) is 11.8 Å². The average Bonchev–Trinajstić information content (AvgIpc) is 2.23. The van der Waals surface area contributed by atoms with Crippen molar-refractivity contribution < 1.29 is 0 Å². The van der Waals surface area contributed by atoms with Crippen molar-refractivity contribution in [3.8, 4) is 0 Å². The third kappa shape index (κ3) is 8.05. The average molecular weight is 236 g/mol. The molecule has 14 heavy (non-hydrogen) atoms. The zero-order valence-electron chi connectivity index (χ0n) is 10.5. The van der Waals surface area contributed by atoms with Gasteiger partial charge < -0.3 is 0 Å². The molecule has 0 heterocycles. The van der Waals surface area contributed by atoms with Gasteiger partial charge in [-0.2, -0.15) is 24.4 Å². The summed E-state index contributed by atoms with van der Waals surface area (Å²) in [7, 11) is 0. The zero-order chi connectivity index (χ0) is 11.4. The Bertz CT molecular complexity index is 84.3. The highest BCUT2D eigenvalue weighted by Crippen LogP contribution is 2.25. The Morgan fingerprint density at radius 1 is 1.14 bits per heavy atom. The first-order chi connectivity index (χ1) is 6.79. The van der Waals surface area contributed by atoms with E-state index < -0.39 is 0 Å². The van der Waals surface area contributed by atoms with Gasteiger partial charge in [0.1, 0.15) is 0 Å². The number of rotatable bonds is 7. The maximum Gasteiger partial charge on any atom is -0.00390 e. The fourth-order valence-electron chi connectivity index (χ4n) is 1.65. The van der Waals surface area contributed by atoms with Gasteiger partial charge in [0.05, 0.1) is 0 Å². The molecule has 0 amide bonds. The Morgan fingerprint density at radius 2 is 1.71 bits per heavy atom. The van der Waals surface area contributed by atoms with Crippen molar-refractivity contribution in [2.75, 3.05) is 17.8 Å². The molecule has 0 aromatic rings. The second kappa shape index (κ2) is 13.7. The maximum absolute atomic E-state index is 4.41. The van der Waals surface area contributed by atoms with E-state index in [2.05, 4.69) is 32.7 Å². The van der Waals surface area contributed by atoms with Crippen LogP contribution in [0.5, 0.6) is 0 Å². The molecule has 0 rings (SSSR count). The molecule has 0 saturated carbocycles. The van der Waals surface area contributed by atoms with Gasteiger partial charge in [0.15, 0.2) is 0 Å². The van der Waals surface area contributed by atoms with Crippen molar-refractivity contribution in [3.05, 3.63) is 0 Å². The first-order valence-corrected chi connectivity index (χ1v) is 7.92. The topological polar surface area (TPSA) is 0 Å². The quantitative estimate of drug-likeness (QED) is 0.623. The molecule has 0 saturated heterocycles. The first-order valence-electron chi connectivity index (χ1n) is 5.89. The Labute approximate surface area is 101 Å². The molecule has 0 aromatic heterocycles. The number of thioether (sulfide) groups is 1. The molecule has 0 aliphatic rings. The first kappa shape index (κ1) is 17.1. The highest BCUT2D eigenvalue weighted by molar-refractivity contribution is 7.98. The Kier molecular flexibility index (Phi) is 16.7. The van der Waals surface area contributed by atoms with E-state index >= 15 is 0 Å². The van der Waals surface area contributed by atoms with Crippen LogP contribution >= 0.6 is 24.4 Å². The predicted molar refractivity (Wildman–Crippen MR) is 75.8 cm³/mol. The highest BCUT2D eigenvalue weighted by Gasteiger charge is 2.16. The summed E-state index contributed by atoms with van der Waals surface area (Å²) in [5.74, 6) is 4.10. The minimum absolute atomic E-state index is 0.834. The lowest BCUT2D eigenvalue weighted by Crippen LogP contribution is -2.18. The van der Waals surface area contributed by atoms with Crippen molar-refractivity contribution in [1.29, 1.82) is 0 Å². The summed E-state index contributed by atoms with van der Waals surface area (Å²) in [4.78, 5) is 0. The van der Waals surface area contributed by atoms with Crippen LogP contribution in [0.1, 0.15) is 47.0 Å². The molecule has 2 heteroatoms. The van der Waals surface area contributed by atoms with Crippen molar-refractivity contribution in [3.63, 3.8) is 0 Å². The third-order valence-corrected chi connectivity index (χ3v) is 3.70. The maximum atomic E-state index is 4.41. The normalized spacial score (nSPS) is 14.1. The zero-order valence-corrected chi connectivity index (χ0v) is 12.3. The largest absolute Gasteiger partial charge is 0.179 e. The summed E-state index contributed by atoms with van der Waals surface area (Å²) in [6.07, 6.45) is 6.18. The molecular weight excluding hydrogens is 208 g/mol. The van der Waals surface area contributed by atoms with Gasteiger partial charge in [-0.1, -0.05) is 40.5 Å². The van der Waals surface area contributed by atoms with Crippen LogP contribution < -0.4 is 0 Å². The Hall–Kier alpha value is 0.700. The van der Waals surface area contributed by atoms with Crippen LogP contribution in [0.25, 0.3) is 0 Å². The summed E-state index contributed by atoms with van der Waals surface area (Å²) in [5.41, 5.74) is 0. The summed E-state index contributed by atoms with van der Waals surface area (Å²) in [6, 6.07) is 0. The summed E-state index contributed by atoms with van der Waals surface area (Å²) < 4.78 is 0. The monoisotopic (exact) mass is 236 g/mol. The molecule has 0 aliphatic heterocycles. The third-order valence-electron chi connectivity index (χ3n) is 2.47. The van der Waals surface area contributed by atoms with E-state index in [1.165, 1.54) is 25.0 Å². The molecule has 88 valence electrons. The van der Waals surface area contributed by atoms with E-state index in [4.69, 9.17) is 0 Å². The molecule has 0 aliphatic carbocycles. The highest BCUT2D eigenvalue weighted by atomic mass is 32.2. The fourth-order valence-corrected chi connectivity index (χ4v) is 3.07. The van der Waals surface area contributed by atoms with Crippen LogP contribution in [0.4, 0.5) is 0 Å². The minimum atomic E-state index is 0.834. The van der Waals surface area contributed by atoms with E-state index in [0.29, 0.717) is 0 Å². The minimum Gasteiger partial charge on any atom is -0.179 e. The van der Waals surface area contributed by atoms with Crippen LogP contribution in [0.2, 0.25) is 0 Å². The van der Waals surface area contributed by atoms with Crippen molar-refractivity contribution in [2.45, 2.75) is 47.0 Å². The van der Waals surface area contributed by atoms with Gasteiger partial charge in [-0.05, 0) is 36.0 Å². The number of hydrogen-bond donors (Lipinski definition) is 1. The van der Waals surface area contributed by atoms with E-state index in [-0.39, 0.29) is 0 Å². The van der Waals surface area contributed by atoms with Gasteiger partial charge >= 0.3 is 0 Å². The Balaban J connectivity index is 0. The van der Waals surface area contributed by atoms with Gasteiger partial charge in [-0.3, -0.25) is 0 Å². The van der Waals surface area contributed by atoms with Gasteiger partial charge in [-0.25, -0.2) is 0 Å². The lowest BCUT2D eigenvalue weighted by atomic mass is 9.89. The van der Waals surface area contributed by atoms with Crippen molar-refractivity contribution >= 4 is 24.4 Å². The second-order valence-corrected chi connectivity index (χ2v) is 4.63. The van der Waals surface area contributed by atoms with Crippen LogP contribution in [0.15, 0.2) is 0 Å². The summed E-state index contributed by atoms with van der Waals surface area (Å²) in [5, 5.41) is 0. The summed E-state index contributed by atoms with van der Waals surface area (Å²) >= 11 is 6.39. The van der Waals surface area contributed by atoms with Gasteiger partial charge in [0.25, 0.3) is 0 Å². The summed E-state index contributed by atoms with van der Waals surface area (Å²) in [6.45, 7) is 8.56. The lowest BCUT2D eigenvalue weighted by Gasteiger charge is -2.23. The van der Waals surface area contributed by atoms with Gasteiger partial charge in [0.2, 0.25) is 0 Å². The van der Waals surface area contributed by atoms with Gasteiger partial charge in [-0.15, -0.1) is 0 Å². The van der Waals surface area contributed by atoms with Gasteiger partial charge in [0, 0.05) is 0 Å². The SMILES string of the molecule is CC.CCCC(CSC)C(CC)CS. The number of thiol groups is 1. The predicted octanol–water partition coefficient (Wildman–Crippen LogP) is 4.75. The van der Waals surface area contributed by atoms with E-state index in [1.807, 2.05) is 25.6 Å². The van der Waals surface area contributed by atoms with Crippen molar-refractivity contribution in [1.82, 2.24) is 0 Å². The molecular formula is C12H28S2. The van der Waals surface area contributed by atoms with E-state index in [1.54, 1.807) is 0 Å². The molecule has 0 N–H and O–H groups in total. The number of hydrogen-bond acceptors (Lipinski definition) is 2. The fraction of sp³-hybridized carbons (Fsp3) is 1.00. The van der Waals surface area contributed by atoms with E-state index in [0.717, 1.165) is 17.6 Å².